The van der Waals surface area contributed by atoms with Crippen LogP contribution >= 0.6 is 0 Å². The summed E-state index contributed by atoms with van der Waals surface area (Å²) < 4.78 is 9.96. The normalized spacial score (nSPS) is 21.2. The van der Waals surface area contributed by atoms with Crippen LogP contribution in [-0.4, -0.2) is 38.0 Å². The van der Waals surface area contributed by atoms with Gasteiger partial charge in [-0.15, -0.1) is 0 Å². The third kappa shape index (κ3) is 7.54. The van der Waals surface area contributed by atoms with Crippen LogP contribution in [0.3, 0.4) is 0 Å². The number of rotatable bonds is 0. The van der Waals surface area contributed by atoms with E-state index in [-0.39, 0.29) is 7.43 Å². The lowest BCUT2D eigenvalue weighted by Crippen LogP contribution is -2.14. The zero-order chi connectivity index (χ0) is 10.9. The smallest absolute Gasteiger partial charge is 0.137 e. The molecule has 0 bridgehead atoms. The van der Waals surface area contributed by atoms with Gasteiger partial charge in [0.15, 0.2) is 0 Å². The summed E-state index contributed by atoms with van der Waals surface area (Å²) in [7, 11) is 0. The Labute approximate surface area is 97.3 Å². The molecule has 0 amide bonds. The van der Waals surface area contributed by atoms with E-state index in [4.69, 9.17) is 9.47 Å². The van der Waals surface area contributed by atoms with Crippen molar-refractivity contribution in [3.63, 3.8) is 0 Å². The monoisotopic (exact) mass is 230 g/mol. The maximum atomic E-state index is 10.6. The Morgan fingerprint density at radius 2 is 1.12 bits per heavy atom. The fraction of sp³-hybridized carbons (Fsp3) is 0.833. The number of ether oxygens (including phenoxy) is 2. The van der Waals surface area contributed by atoms with Crippen LogP contribution in [0.5, 0.6) is 0 Å². The third-order valence-corrected chi connectivity index (χ3v) is 2.32. The lowest BCUT2D eigenvalue weighted by molar-refractivity contribution is -0.124. The van der Waals surface area contributed by atoms with Crippen molar-refractivity contribution >= 4 is 11.6 Å². The van der Waals surface area contributed by atoms with Gasteiger partial charge in [-0.25, -0.2) is 0 Å². The van der Waals surface area contributed by atoms with Crippen molar-refractivity contribution in [2.24, 2.45) is 0 Å². The SMILES string of the molecule is C.O=C1CCCOCC1.O=C1CCOCC1. The molecule has 4 nitrogen and oxygen atoms in total. The van der Waals surface area contributed by atoms with Gasteiger partial charge in [-0.3, -0.25) is 9.59 Å². The van der Waals surface area contributed by atoms with Crippen LogP contribution in [0, 0.1) is 0 Å². The molecule has 0 spiro atoms. The summed E-state index contributed by atoms with van der Waals surface area (Å²) in [5.74, 6) is 0.689. The van der Waals surface area contributed by atoms with Gasteiger partial charge < -0.3 is 9.47 Å². The summed E-state index contributed by atoms with van der Waals surface area (Å²) >= 11 is 0. The summed E-state index contributed by atoms with van der Waals surface area (Å²) in [5, 5.41) is 0. The molecule has 0 atom stereocenters. The molecule has 0 saturated carbocycles. The predicted octanol–water partition coefficient (Wildman–Crippen LogP) is 1.76. The molecule has 0 radical (unpaired) electrons. The van der Waals surface area contributed by atoms with E-state index < -0.39 is 0 Å². The molecule has 0 unspecified atom stereocenters. The van der Waals surface area contributed by atoms with Gasteiger partial charge in [0.2, 0.25) is 0 Å². The largest absolute Gasteiger partial charge is 0.381 e. The average molecular weight is 230 g/mol. The summed E-state index contributed by atoms with van der Waals surface area (Å²) in [5.41, 5.74) is 0. The van der Waals surface area contributed by atoms with Gasteiger partial charge in [0, 0.05) is 32.3 Å². The maximum Gasteiger partial charge on any atom is 0.137 e. The third-order valence-electron chi connectivity index (χ3n) is 2.32. The van der Waals surface area contributed by atoms with Crippen LogP contribution in [0.25, 0.3) is 0 Å². The van der Waals surface area contributed by atoms with E-state index in [2.05, 4.69) is 0 Å². The predicted molar refractivity (Wildman–Crippen MR) is 61.5 cm³/mol. The average Bonchev–Trinajstić information content (AvgIpc) is 2.48. The van der Waals surface area contributed by atoms with E-state index in [1.807, 2.05) is 0 Å². The first-order valence-electron chi connectivity index (χ1n) is 5.48. The van der Waals surface area contributed by atoms with Gasteiger partial charge in [0.1, 0.15) is 11.6 Å². The zero-order valence-corrected chi connectivity index (χ0v) is 9.00. The second-order valence-electron chi connectivity index (χ2n) is 3.66. The number of Topliss-reactive ketones (excluding diaryl/α,β-unsaturated/α-hetero) is 2. The van der Waals surface area contributed by atoms with Gasteiger partial charge in [-0.05, 0) is 6.42 Å². The first-order chi connectivity index (χ1) is 7.29. The minimum atomic E-state index is 0. The number of ketones is 2. The minimum absolute atomic E-state index is 0. The molecule has 0 aromatic rings. The van der Waals surface area contributed by atoms with Crippen molar-refractivity contribution in [3.05, 3.63) is 0 Å². The Hall–Kier alpha value is -0.740. The van der Waals surface area contributed by atoms with Crippen LogP contribution in [0.15, 0.2) is 0 Å². The fourth-order valence-electron chi connectivity index (χ4n) is 1.38. The summed E-state index contributed by atoms with van der Waals surface area (Å²) in [6, 6.07) is 0. The van der Waals surface area contributed by atoms with Crippen molar-refractivity contribution in [2.45, 2.75) is 39.5 Å². The second-order valence-corrected chi connectivity index (χ2v) is 3.66. The highest BCUT2D eigenvalue weighted by Crippen LogP contribution is 2.01. The Balaban J connectivity index is 0.000000267. The molecule has 16 heavy (non-hydrogen) atoms. The molecule has 2 saturated heterocycles. The Kier molecular flexibility index (Phi) is 9.04. The van der Waals surface area contributed by atoms with E-state index in [1.165, 1.54) is 0 Å². The van der Waals surface area contributed by atoms with Crippen molar-refractivity contribution in [2.75, 3.05) is 26.4 Å². The molecule has 0 aromatic carbocycles. The van der Waals surface area contributed by atoms with Crippen LogP contribution in [0.2, 0.25) is 0 Å². The first kappa shape index (κ1) is 15.3. The molecule has 2 aliphatic heterocycles. The van der Waals surface area contributed by atoms with E-state index in [9.17, 15) is 9.59 Å². The van der Waals surface area contributed by atoms with Crippen molar-refractivity contribution in [3.8, 4) is 0 Å². The summed E-state index contributed by atoms with van der Waals surface area (Å²) in [4.78, 5) is 21.0. The van der Waals surface area contributed by atoms with Gasteiger partial charge in [0.25, 0.3) is 0 Å². The highest BCUT2D eigenvalue weighted by atomic mass is 16.5. The zero-order valence-electron chi connectivity index (χ0n) is 9.00. The molecule has 2 rings (SSSR count). The van der Waals surface area contributed by atoms with E-state index in [1.54, 1.807) is 0 Å². The lowest BCUT2D eigenvalue weighted by Gasteiger charge is -2.07. The van der Waals surface area contributed by atoms with Crippen molar-refractivity contribution < 1.29 is 19.1 Å². The lowest BCUT2D eigenvalue weighted by atomic mass is 10.2. The number of carbonyl (C=O) groups is 2. The first-order valence-corrected chi connectivity index (χ1v) is 5.48. The molecular formula is C12H22O4. The van der Waals surface area contributed by atoms with Crippen LogP contribution < -0.4 is 0 Å². The van der Waals surface area contributed by atoms with Crippen LogP contribution in [0.4, 0.5) is 0 Å². The molecule has 2 fully saturated rings. The molecule has 2 aliphatic rings. The van der Waals surface area contributed by atoms with Gasteiger partial charge in [-0.2, -0.15) is 0 Å². The Morgan fingerprint density at radius 3 is 1.62 bits per heavy atom. The molecule has 2 heterocycles. The molecule has 0 aromatic heterocycles. The number of hydrogen-bond donors (Lipinski definition) is 0. The van der Waals surface area contributed by atoms with Gasteiger partial charge >= 0.3 is 0 Å². The van der Waals surface area contributed by atoms with Crippen LogP contribution in [0.1, 0.15) is 39.5 Å². The molecular weight excluding hydrogens is 208 g/mol. The van der Waals surface area contributed by atoms with Crippen LogP contribution in [-0.2, 0) is 19.1 Å². The van der Waals surface area contributed by atoms with E-state index in [0.29, 0.717) is 50.6 Å². The Morgan fingerprint density at radius 1 is 0.688 bits per heavy atom. The summed E-state index contributed by atoms with van der Waals surface area (Å²) in [6.45, 7) is 2.68. The molecule has 4 heteroatoms. The number of hydrogen-bond acceptors (Lipinski definition) is 4. The van der Waals surface area contributed by atoms with E-state index >= 15 is 0 Å². The number of carbonyl (C=O) groups excluding carboxylic acids is 2. The standard InChI is InChI=1S/C6H10O2.C5H8O2.CH4/c7-6-2-1-4-8-5-3-6;6-5-1-3-7-4-2-5;/h1-5H2;1-4H2;1H4. The highest BCUT2D eigenvalue weighted by Gasteiger charge is 2.06. The second kappa shape index (κ2) is 9.48. The minimum Gasteiger partial charge on any atom is -0.381 e. The van der Waals surface area contributed by atoms with Crippen molar-refractivity contribution in [1.82, 2.24) is 0 Å². The molecule has 0 aliphatic carbocycles. The topological polar surface area (TPSA) is 52.6 Å². The quantitative estimate of drug-likeness (QED) is 0.636. The fourth-order valence-corrected chi connectivity index (χ4v) is 1.38. The van der Waals surface area contributed by atoms with Gasteiger partial charge in [0.05, 0.1) is 19.8 Å². The van der Waals surface area contributed by atoms with Crippen molar-refractivity contribution in [1.29, 1.82) is 0 Å². The maximum absolute atomic E-state index is 10.6. The summed E-state index contributed by atoms with van der Waals surface area (Å²) in [6.07, 6.45) is 3.51. The van der Waals surface area contributed by atoms with E-state index in [0.717, 1.165) is 19.4 Å². The molecule has 94 valence electrons. The Bertz CT molecular complexity index is 195. The highest BCUT2D eigenvalue weighted by molar-refractivity contribution is 5.79. The molecule has 0 N–H and O–H groups in total. The van der Waals surface area contributed by atoms with Gasteiger partial charge in [-0.1, -0.05) is 7.43 Å².